The first-order chi connectivity index (χ1) is 5.68. The first-order valence-electron chi connectivity index (χ1n) is 4.08. The van der Waals surface area contributed by atoms with Gasteiger partial charge in [0.1, 0.15) is 0 Å². The standard InChI is InChI=1S/C9H10BrClS/c1-5-4-6(5)9(10)7-2-3-8(11)12-7/h2-3,5-6,9H,4H2,1H3. The van der Waals surface area contributed by atoms with Gasteiger partial charge in [0.15, 0.2) is 0 Å². The van der Waals surface area contributed by atoms with Gasteiger partial charge in [-0.25, -0.2) is 0 Å². The highest BCUT2D eigenvalue weighted by atomic mass is 79.9. The van der Waals surface area contributed by atoms with Gasteiger partial charge in [-0.3, -0.25) is 0 Å². The summed E-state index contributed by atoms with van der Waals surface area (Å²) in [6.07, 6.45) is 1.35. The maximum atomic E-state index is 5.86. The minimum absolute atomic E-state index is 0.532. The molecule has 3 atom stereocenters. The molecule has 66 valence electrons. The highest BCUT2D eigenvalue weighted by molar-refractivity contribution is 9.09. The van der Waals surface area contributed by atoms with Gasteiger partial charge >= 0.3 is 0 Å². The fraction of sp³-hybridized carbons (Fsp3) is 0.556. The van der Waals surface area contributed by atoms with Crippen LogP contribution in [-0.2, 0) is 0 Å². The summed E-state index contributed by atoms with van der Waals surface area (Å²) in [6, 6.07) is 4.10. The van der Waals surface area contributed by atoms with Gasteiger partial charge in [0.2, 0.25) is 0 Å². The maximum absolute atomic E-state index is 5.86. The van der Waals surface area contributed by atoms with Crippen LogP contribution in [0.4, 0.5) is 0 Å². The van der Waals surface area contributed by atoms with E-state index in [0.29, 0.717) is 4.83 Å². The fourth-order valence-electron chi connectivity index (χ4n) is 1.45. The SMILES string of the molecule is CC1CC1C(Br)c1ccc(Cl)s1. The summed E-state index contributed by atoms with van der Waals surface area (Å²) in [6.45, 7) is 2.30. The van der Waals surface area contributed by atoms with Gasteiger partial charge in [-0.1, -0.05) is 34.5 Å². The van der Waals surface area contributed by atoms with Gasteiger partial charge in [-0.15, -0.1) is 11.3 Å². The van der Waals surface area contributed by atoms with Gasteiger partial charge in [0.25, 0.3) is 0 Å². The lowest BCUT2D eigenvalue weighted by Crippen LogP contribution is -1.89. The van der Waals surface area contributed by atoms with Crippen molar-refractivity contribution in [3.8, 4) is 0 Å². The maximum Gasteiger partial charge on any atom is 0.0931 e. The van der Waals surface area contributed by atoms with Crippen LogP contribution >= 0.6 is 38.9 Å². The number of thiophene rings is 1. The van der Waals surface area contributed by atoms with E-state index >= 15 is 0 Å². The molecule has 3 unspecified atom stereocenters. The van der Waals surface area contributed by atoms with Gasteiger partial charge in [0, 0.05) is 4.88 Å². The van der Waals surface area contributed by atoms with E-state index in [-0.39, 0.29) is 0 Å². The van der Waals surface area contributed by atoms with Gasteiger partial charge in [0.05, 0.1) is 9.16 Å². The third kappa shape index (κ3) is 1.70. The van der Waals surface area contributed by atoms with E-state index in [0.717, 1.165) is 16.2 Å². The van der Waals surface area contributed by atoms with E-state index in [1.165, 1.54) is 11.3 Å². The molecule has 0 bridgehead atoms. The van der Waals surface area contributed by atoms with Crippen molar-refractivity contribution in [2.75, 3.05) is 0 Å². The number of rotatable bonds is 2. The van der Waals surface area contributed by atoms with Crippen LogP contribution in [0.1, 0.15) is 23.0 Å². The molecule has 1 aromatic heterocycles. The van der Waals surface area contributed by atoms with Gasteiger partial charge in [-0.2, -0.15) is 0 Å². The van der Waals surface area contributed by atoms with Gasteiger partial charge < -0.3 is 0 Å². The van der Waals surface area contributed by atoms with E-state index in [1.54, 1.807) is 11.3 Å². The summed E-state index contributed by atoms with van der Waals surface area (Å²) in [5.74, 6) is 1.72. The normalized spacial score (nSPS) is 30.2. The molecule has 0 spiro atoms. The molecular formula is C9H10BrClS. The Hall–Kier alpha value is 0.470. The third-order valence-electron chi connectivity index (χ3n) is 2.41. The van der Waals surface area contributed by atoms with Crippen molar-refractivity contribution in [1.29, 1.82) is 0 Å². The van der Waals surface area contributed by atoms with Crippen LogP contribution in [0, 0.1) is 11.8 Å². The van der Waals surface area contributed by atoms with Gasteiger partial charge in [-0.05, 0) is 30.4 Å². The first kappa shape index (κ1) is 9.04. The van der Waals surface area contributed by atoms with Crippen molar-refractivity contribution in [3.63, 3.8) is 0 Å². The number of alkyl halides is 1. The molecule has 0 amide bonds. The van der Waals surface area contributed by atoms with Crippen LogP contribution in [0.5, 0.6) is 0 Å². The monoisotopic (exact) mass is 264 g/mol. The smallest absolute Gasteiger partial charge is 0.0931 e. The summed E-state index contributed by atoms with van der Waals surface area (Å²) >= 11 is 11.3. The highest BCUT2D eigenvalue weighted by Gasteiger charge is 2.39. The Morgan fingerprint density at radius 2 is 2.33 bits per heavy atom. The molecule has 1 aromatic rings. The van der Waals surface area contributed by atoms with Crippen LogP contribution in [0.2, 0.25) is 4.34 Å². The molecule has 0 aromatic carbocycles. The molecule has 1 fully saturated rings. The van der Waals surface area contributed by atoms with Crippen LogP contribution in [-0.4, -0.2) is 0 Å². The predicted molar refractivity (Wildman–Crippen MR) is 58.3 cm³/mol. The average Bonchev–Trinajstić information content (AvgIpc) is 2.58. The van der Waals surface area contributed by atoms with E-state index in [4.69, 9.17) is 11.6 Å². The Balaban J connectivity index is 2.09. The zero-order chi connectivity index (χ0) is 8.72. The minimum atomic E-state index is 0.532. The molecule has 3 heteroatoms. The number of hydrogen-bond donors (Lipinski definition) is 0. The second kappa shape index (κ2) is 3.32. The molecule has 0 N–H and O–H groups in total. The first-order valence-corrected chi connectivity index (χ1v) is 6.19. The van der Waals surface area contributed by atoms with Crippen LogP contribution in [0.25, 0.3) is 0 Å². The quantitative estimate of drug-likeness (QED) is 0.691. The Bertz CT molecular complexity index is 284. The average molecular weight is 266 g/mol. The summed E-state index contributed by atoms with van der Waals surface area (Å²) in [4.78, 5) is 1.90. The van der Waals surface area contributed by atoms with Crippen molar-refractivity contribution in [1.82, 2.24) is 0 Å². The third-order valence-corrected chi connectivity index (χ3v) is 5.20. The molecule has 12 heavy (non-hydrogen) atoms. The molecule has 0 saturated heterocycles. The summed E-state index contributed by atoms with van der Waals surface area (Å²) in [7, 11) is 0. The lowest BCUT2D eigenvalue weighted by molar-refractivity contribution is 0.749. The largest absolute Gasteiger partial charge is 0.127 e. The predicted octanol–water partition coefficient (Wildman–Crippen LogP) is 4.49. The fourth-order valence-corrected chi connectivity index (χ4v) is 3.73. The lowest BCUT2D eigenvalue weighted by Gasteiger charge is -2.04. The van der Waals surface area contributed by atoms with Crippen LogP contribution in [0.3, 0.4) is 0 Å². The minimum Gasteiger partial charge on any atom is -0.127 e. The van der Waals surface area contributed by atoms with Crippen LogP contribution in [0.15, 0.2) is 12.1 Å². The summed E-state index contributed by atoms with van der Waals surface area (Å²) in [5, 5.41) is 0. The summed E-state index contributed by atoms with van der Waals surface area (Å²) < 4.78 is 0.891. The van der Waals surface area contributed by atoms with Crippen molar-refractivity contribution in [3.05, 3.63) is 21.3 Å². The van der Waals surface area contributed by atoms with Crippen molar-refractivity contribution in [2.45, 2.75) is 18.2 Å². The number of hydrogen-bond acceptors (Lipinski definition) is 1. The Labute approximate surface area is 90.1 Å². The molecular weight excluding hydrogens is 256 g/mol. The summed E-state index contributed by atoms with van der Waals surface area (Å²) in [5.41, 5.74) is 0. The lowest BCUT2D eigenvalue weighted by atomic mass is 10.2. The van der Waals surface area contributed by atoms with E-state index in [9.17, 15) is 0 Å². The molecule has 1 saturated carbocycles. The molecule has 0 aliphatic heterocycles. The zero-order valence-electron chi connectivity index (χ0n) is 6.76. The molecule has 0 radical (unpaired) electrons. The second-order valence-electron chi connectivity index (χ2n) is 3.42. The van der Waals surface area contributed by atoms with Crippen molar-refractivity contribution >= 4 is 38.9 Å². The molecule has 0 nitrogen and oxygen atoms in total. The molecule has 1 aliphatic carbocycles. The molecule has 2 rings (SSSR count). The van der Waals surface area contributed by atoms with Crippen molar-refractivity contribution < 1.29 is 0 Å². The Morgan fingerprint density at radius 1 is 1.67 bits per heavy atom. The second-order valence-corrected chi connectivity index (χ2v) is 6.15. The zero-order valence-corrected chi connectivity index (χ0v) is 9.92. The van der Waals surface area contributed by atoms with E-state index in [2.05, 4.69) is 28.9 Å². The topological polar surface area (TPSA) is 0 Å². The highest BCUT2D eigenvalue weighted by Crippen LogP contribution is 2.52. The molecule has 1 aliphatic rings. The Kier molecular flexibility index (Phi) is 2.50. The van der Waals surface area contributed by atoms with Crippen molar-refractivity contribution in [2.24, 2.45) is 11.8 Å². The Morgan fingerprint density at radius 3 is 2.75 bits per heavy atom. The van der Waals surface area contributed by atoms with Crippen LogP contribution < -0.4 is 0 Å². The molecule has 1 heterocycles. The van der Waals surface area contributed by atoms with E-state index < -0.39 is 0 Å². The van der Waals surface area contributed by atoms with E-state index in [1.807, 2.05) is 6.07 Å². The number of halogens is 2.